The number of rotatable bonds is 2. The molecular formula is C13H14BrNO. The SMILES string of the molecule is Cc1cc(Br)c2c(C=O)cn(C(C)C)c2c1. The average Bonchev–Trinajstić information content (AvgIpc) is 2.56. The van der Waals surface area contributed by atoms with Crippen molar-refractivity contribution in [3.8, 4) is 0 Å². The summed E-state index contributed by atoms with van der Waals surface area (Å²) in [6.45, 7) is 6.29. The summed E-state index contributed by atoms with van der Waals surface area (Å²) < 4.78 is 3.13. The zero-order chi connectivity index (χ0) is 11.9. The second kappa shape index (κ2) is 4.06. The normalized spacial score (nSPS) is 11.3. The van der Waals surface area contributed by atoms with E-state index < -0.39 is 0 Å². The first-order valence-electron chi connectivity index (χ1n) is 5.30. The van der Waals surface area contributed by atoms with Crippen LogP contribution in [0.25, 0.3) is 10.9 Å². The summed E-state index contributed by atoms with van der Waals surface area (Å²) in [4.78, 5) is 11.1. The second-order valence-electron chi connectivity index (χ2n) is 4.34. The van der Waals surface area contributed by atoms with Gasteiger partial charge in [0.2, 0.25) is 0 Å². The van der Waals surface area contributed by atoms with E-state index >= 15 is 0 Å². The fourth-order valence-electron chi connectivity index (χ4n) is 2.01. The van der Waals surface area contributed by atoms with Gasteiger partial charge in [-0.3, -0.25) is 4.79 Å². The first kappa shape index (κ1) is 11.4. The number of aldehydes is 1. The molecule has 1 heterocycles. The van der Waals surface area contributed by atoms with E-state index in [1.165, 1.54) is 5.56 Å². The molecule has 0 saturated carbocycles. The summed E-state index contributed by atoms with van der Waals surface area (Å²) >= 11 is 3.53. The van der Waals surface area contributed by atoms with Crippen LogP contribution >= 0.6 is 15.9 Å². The Bertz CT molecular complexity index is 555. The van der Waals surface area contributed by atoms with Crippen molar-refractivity contribution in [3.05, 3.63) is 33.9 Å². The lowest BCUT2D eigenvalue weighted by Gasteiger charge is -2.09. The summed E-state index contributed by atoms with van der Waals surface area (Å²) in [5, 5.41) is 1.01. The van der Waals surface area contributed by atoms with Gasteiger partial charge in [0.05, 0.1) is 5.52 Å². The van der Waals surface area contributed by atoms with Gasteiger partial charge < -0.3 is 4.57 Å². The smallest absolute Gasteiger partial charge is 0.152 e. The Hall–Kier alpha value is -1.09. The van der Waals surface area contributed by atoms with Crippen LogP contribution in [-0.4, -0.2) is 10.9 Å². The Morgan fingerprint density at radius 1 is 1.38 bits per heavy atom. The highest BCUT2D eigenvalue weighted by molar-refractivity contribution is 9.10. The minimum Gasteiger partial charge on any atom is -0.344 e. The Kier molecular flexibility index (Phi) is 2.89. The lowest BCUT2D eigenvalue weighted by Crippen LogP contribution is -1.98. The Morgan fingerprint density at radius 3 is 2.62 bits per heavy atom. The molecule has 1 aromatic carbocycles. The molecule has 16 heavy (non-hydrogen) atoms. The van der Waals surface area contributed by atoms with Crippen LogP contribution in [0, 0.1) is 6.92 Å². The largest absolute Gasteiger partial charge is 0.344 e. The van der Waals surface area contributed by atoms with Crippen LogP contribution in [0.3, 0.4) is 0 Å². The first-order valence-corrected chi connectivity index (χ1v) is 6.09. The molecule has 2 aromatic rings. The second-order valence-corrected chi connectivity index (χ2v) is 5.20. The van der Waals surface area contributed by atoms with Gasteiger partial charge in [0.1, 0.15) is 0 Å². The summed E-state index contributed by atoms with van der Waals surface area (Å²) in [5.74, 6) is 0. The molecule has 0 aliphatic carbocycles. The third-order valence-electron chi connectivity index (χ3n) is 2.74. The molecule has 0 bridgehead atoms. The molecule has 0 aliphatic heterocycles. The molecule has 0 atom stereocenters. The highest BCUT2D eigenvalue weighted by Gasteiger charge is 2.13. The molecule has 0 saturated heterocycles. The molecule has 0 unspecified atom stereocenters. The van der Waals surface area contributed by atoms with Gasteiger partial charge in [-0.25, -0.2) is 0 Å². The van der Waals surface area contributed by atoms with Gasteiger partial charge in [-0.05, 0) is 38.5 Å². The molecule has 0 radical (unpaired) electrons. The summed E-state index contributed by atoms with van der Waals surface area (Å²) in [6.07, 6.45) is 2.84. The van der Waals surface area contributed by atoms with E-state index in [1.54, 1.807) is 0 Å². The highest BCUT2D eigenvalue weighted by atomic mass is 79.9. The van der Waals surface area contributed by atoms with Gasteiger partial charge in [0.15, 0.2) is 6.29 Å². The van der Waals surface area contributed by atoms with E-state index in [0.717, 1.165) is 27.2 Å². The quantitative estimate of drug-likeness (QED) is 0.759. The lowest BCUT2D eigenvalue weighted by molar-refractivity contribution is 0.112. The standard InChI is InChI=1S/C13H14BrNO/c1-8(2)15-6-10(7-16)13-11(14)4-9(3)5-12(13)15/h4-8H,1-3H3. The topological polar surface area (TPSA) is 22.0 Å². The summed E-state index contributed by atoms with van der Waals surface area (Å²) in [6, 6.07) is 4.51. The van der Waals surface area contributed by atoms with Gasteiger partial charge in [-0.15, -0.1) is 0 Å². The number of nitrogens with zero attached hydrogens (tertiary/aromatic N) is 1. The van der Waals surface area contributed by atoms with Crippen LogP contribution in [0.15, 0.2) is 22.8 Å². The molecule has 2 nitrogen and oxygen atoms in total. The molecule has 0 spiro atoms. The zero-order valence-electron chi connectivity index (χ0n) is 9.62. The number of hydrogen-bond donors (Lipinski definition) is 0. The van der Waals surface area contributed by atoms with Gasteiger partial charge in [0.25, 0.3) is 0 Å². The monoisotopic (exact) mass is 279 g/mol. The molecule has 2 rings (SSSR count). The summed E-state index contributed by atoms with van der Waals surface area (Å²) in [7, 11) is 0. The van der Waals surface area contributed by atoms with Crippen molar-refractivity contribution in [1.29, 1.82) is 0 Å². The van der Waals surface area contributed by atoms with Crippen LogP contribution in [-0.2, 0) is 0 Å². The van der Waals surface area contributed by atoms with E-state index in [4.69, 9.17) is 0 Å². The molecule has 1 aromatic heterocycles. The maximum absolute atomic E-state index is 11.1. The number of aromatic nitrogens is 1. The van der Waals surface area contributed by atoms with Crippen LogP contribution in [0.5, 0.6) is 0 Å². The molecule has 0 amide bonds. The third kappa shape index (κ3) is 1.69. The predicted molar refractivity (Wildman–Crippen MR) is 70.1 cm³/mol. The molecule has 0 fully saturated rings. The molecule has 3 heteroatoms. The first-order chi connectivity index (χ1) is 7.54. The number of halogens is 1. The number of carbonyl (C=O) groups is 1. The number of fused-ring (bicyclic) bond motifs is 1. The van der Waals surface area contributed by atoms with Crippen molar-refractivity contribution in [3.63, 3.8) is 0 Å². The van der Waals surface area contributed by atoms with Gasteiger partial charge in [-0.1, -0.05) is 15.9 Å². The zero-order valence-corrected chi connectivity index (χ0v) is 11.2. The van der Waals surface area contributed by atoms with Crippen molar-refractivity contribution < 1.29 is 4.79 Å². The molecule has 84 valence electrons. The number of aryl methyl sites for hydroxylation is 1. The van der Waals surface area contributed by atoms with Gasteiger partial charge >= 0.3 is 0 Å². The van der Waals surface area contributed by atoms with E-state index in [0.29, 0.717) is 6.04 Å². The minimum atomic E-state index is 0.352. The average molecular weight is 280 g/mol. The maximum Gasteiger partial charge on any atom is 0.152 e. The fraction of sp³-hybridized carbons (Fsp3) is 0.308. The van der Waals surface area contributed by atoms with Crippen LogP contribution < -0.4 is 0 Å². The van der Waals surface area contributed by atoms with Crippen LogP contribution in [0.4, 0.5) is 0 Å². The predicted octanol–water partition coefficient (Wildman–Crippen LogP) is 4.11. The van der Waals surface area contributed by atoms with E-state index in [1.807, 2.05) is 12.3 Å². The lowest BCUT2D eigenvalue weighted by atomic mass is 10.1. The molecule has 0 aliphatic rings. The molecule has 0 N–H and O–H groups in total. The number of hydrogen-bond acceptors (Lipinski definition) is 1. The van der Waals surface area contributed by atoms with Crippen molar-refractivity contribution in [2.45, 2.75) is 26.8 Å². The van der Waals surface area contributed by atoms with Crippen molar-refractivity contribution in [2.75, 3.05) is 0 Å². The van der Waals surface area contributed by atoms with Crippen LogP contribution in [0.2, 0.25) is 0 Å². The van der Waals surface area contributed by atoms with Crippen molar-refractivity contribution in [1.82, 2.24) is 4.57 Å². The van der Waals surface area contributed by atoms with E-state index in [-0.39, 0.29) is 0 Å². The van der Waals surface area contributed by atoms with Crippen LogP contribution in [0.1, 0.15) is 35.8 Å². The maximum atomic E-state index is 11.1. The van der Waals surface area contributed by atoms with Gasteiger partial charge in [0, 0.05) is 27.7 Å². The van der Waals surface area contributed by atoms with E-state index in [2.05, 4.69) is 47.3 Å². The van der Waals surface area contributed by atoms with Crippen molar-refractivity contribution in [2.24, 2.45) is 0 Å². The number of carbonyl (C=O) groups excluding carboxylic acids is 1. The Labute approximate surface area is 103 Å². The highest BCUT2D eigenvalue weighted by Crippen LogP contribution is 2.31. The van der Waals surface area contributed by atoms with Crippen molar-refractivity contribution >= 4 is 33.1 Å². The van der Waals surface area contributed by atoms with E-state index in [9.17, 15) is 4.79 Å². The Morgan fingerprint density at radius 2 is 2.06 bits per heavy atom. The fourth-order valence-corrected chi connectivity index (χ4v) is 2.81. The molecular weight excluding hydrogens is 266 g/mol. The Balaban J connectivity index is 2.90. The summed E-state index contributed by atoms with van der Waals surface area (Å²) in [5.41, 5.74) is 3.05. The number of benzene rings is 1. The van der Waals surface area contributed by atoms with Gasteiger partial charge in [-0.2, -0.15) is 0 Å². The third-order valence-corrected chi connectivity index (χ3v) is 3.37. The minimum absolute atomic E-state index is 0.352.